The lowest BCUT2D eigenvalue weighted by Gasteiger charge is -2.41. The predicted octanol–water partition coefficient (Wildman–Crippen LogP) is 2.53. The summed E-state index contributed by atoms with van der Waals surface area (Å²) in [4.78, 5) is 15.2. The molecule has 0 radical (unpaired) electrons. The van der Waals surface area contributed by atoms with Crippen molar-refractivity contribution in [2.24, 2.45) is 0 Å². The molecule has 6 nitrogen and oxygen atoms in total. The largest absolute Gasteiger partial charge is 0.485 e. The van der Waals surface area contributed by atoms with Crippen molar-refractivity contribution in [3.05, 3.63) is 23.8 Å². The first-order valence-corrected chi connectivity index (χ1v) is 8.70. The number of carbonyl (C=O) groups is 1. The van der Waals surface area contributed by atoms with Crippen molar-refractivity contribution in [1.82, 2.24) is 4.90 Å². The molecule has 1 saturated heterocycles. The van der Waals surface area contributed by atoms with Crippen LogP contribution >= 0.6 is 0 Å². The van der Waals surface area contributed by atoms with Gasteiger partial charge in [0.2, 0.25) is 0 Å². The van der Waals surface area contributed by atoms with Crippen LogP contribution in [0.5, 0.6) is 5.75 Å². The lowest BCUT2D eigenvalue weighted by Crippen LogP contribution is -2.55. The molecule has 24 heavy (non-hydrogen) atoms. The van der Waals surface area contributed by atoms with Crippen LogP contribution in [0, 0.1) is 0 Å². The molecule has 130 valence electrons. The van der Waals surface area contributed by atoms with Gasteiger partial charge in [-0.25, -0.2) is 4.79 Å². The zero-order valence-electron chi connectivity index (χ0n) is 14.0. The molecule has 1 aromatic rings. The second-order valence-corrected chi connectivity index (χ2v) is 6.98. The van der Waals surface area contributed by atoms with E-state index in [1.54, 1.807) is 7.11 Å². The highest BCUT2D eigenvalue weighted by molar-refractivity contribution is 5.68. The van der Waals surface area contributed by atoms with Crippen molar-refractivity contribution in [2.45, 2.75) is 37.3 Å². The maximum atomic E-state index is 11.4. The number of carboxylic acid groups (broad SMARTS) is 1. The third-order valence-corrected chi connectivity index (χ3v) is 5.28. The van der Waals surface area contributed by atoms with Crippen LogP contribution in [-0.4, -0.2) is 61.6 Å². The number of fused-ring (bicyclic) bond motifs is 3. The van der Waals surface area contributed by atoms with E-state index in [1.807, 2.05) is 0 Å². The topological polar surface area (TPSA) is 62.2 Å². The second kappa shape index (κ2) is 6.16. The van der Waals surface area contributed by atoms with Crippen molar-refractivity contribution in [3.8, 4) is 5.75 Å². The molecule has 2 aliphatic heterocycles. The summed E-state index contributed by atoms with van der Waals surface area (Å²) in [7, 11) is 1.68. The Morgan fingerprint density at radius 1 is 1.38 bits per heavy atom. The maximum Gasteiger partial charge on any atom is 0.407 e. The molecule has 3 aliphatic rings. The Balaban J connectivity index is 1.70. The van der Waals surface area contributed by atoms with Crippen molar-refractivity contribution in [3.63, 3.8) is 0 Å². The Morgan fingerprint density at radius 3 is 2.92 bits per heavy atom. The minimum absolute atomic E-state index is 0.0441. The number of methoxy groups -OCH3 is 1. The molecule has 2 unspecified atom stereocenters. The summed E-state index contributed by atoms with van der Waals surface area (Å²) in [6, 6.07) is 6.52. The minimum Gasteiger partial charge on any atom is -0.485 e. The number of para-hydroxylation sites is 1. The average molecular weight is 332 g/mol. The van der Waals surface area contributed by atoms with E-state index in [4.69, 9.17) is 9.47 Å². The zero-order valence-corrected chi connectivity index (χ0v) is 14.0. The first-order valence-electron chi connectivity index (χ1n) is 8.70. The average Bonchev–Trinajstić information content (AvgIpc) is 3.40. The molecule has 6 heteroatoms. The van der Waals surface area contributed by atoms with Crippen LogP contribution in [0.25, 0.3) is 0 Å². The minimum atomic E-state index is -0.838. The Labute approximate surface area is 141 Å². The molecule has 2 fully saturated rings. The third kappa shape index (κ3) is 2.79. The van der Waals surface area contributed by atoms with Crippen molar-refractivity contribution in [2.75, 3.05) is 38.3 Å². The molecule has 1 aliphatic carbocycles. The summed E-state index contributed by atoms with van der Waals surface area (Å²) in [6.45, 7) is 2.29. The van der Waals surface area contributed by atoms with Gasteiger partial charge in [-0.3, -0.25) is 0 Å². The molecule has 0 aromatic heterocycles. The van der Waals surface area contributed by atoms with Gasteiger partial charge in [0.05, 0.1) is 18.3 Å². The first-order chi connectivity index (χ1) is 11.7. The molecule has 0 bridgehead atoms. The Morgan fingerprint density at radius 2 is 2.21 bits per heavy atom. The fourth-order valence-corrected chi connectivity index (χ4v) is 3.97. The third-order valence-electron chi connectivity index (χ3n) is 5.28. The van der Waals surface area contributed by atoms with Crippen LogP contribution in [0.1, 0.15) is 30.7 Å². The lowest BCUT2D eigenvalue weighted by molar-refractivity contribution is 0.0690. The van der Waals surface area contributed by atoms with Crippen LogP contribution in [0.3, 0.4) is 0 Å². The SMILES string of the molecule is COCC1CC2CN(C(=O)O)CCN2c2cccc(C3CC3)c2O1. The van der Waals surface area contributed by atoms with E-state index in [9.17, 15) is 9.90 Å². The molecule has 0 spiro atoms. The number of nitrogens with zero attached hydrogens (tertiary/aromatic N) is 2. The van der Waals surface area contributed by atoms with Gasteiger partial charge >= 0.3 is 6.09 Å². The molecular weight excluding hydrogens is 308 g/mol. The van der Waals surface area contributed by atoms with Gasteiger partial charge in [-0.1, -0.05) is 12.1 Å². The van der Waals surface area contributed by atoms with Gasteiger partial charge in [0.15, 0.2) is 0 Å². The van der Waals surface area contributed by atoms with E-state index < -0.39 is 6.09 Å². The monoisotopic (exact) mass is 332 g/mol. The van der Waals surface area contributed by atoms with Crippen LogP contribution in [-0.2, 0) is 4.74 Å². The Hall–Kier alpha value is -1.95. The highest BCUT2D eigenvalue weighted by Gasteiger charge is 2.38. The van der Waals surface area contributed by atoms with Crippen molar-refractivity contribution < 1.29 is 19.4 Å². The van der Waals surface area contributed by atoms with Gasteiger partial charge in [-0.15, -0.1) is 0 Å². The van der Waals surface area contributed by atoms with Crippen LogP contribution < -0.4 is 9.64 Å². The predicted molar refractivity (Wildman–Crippen MR) is 90.1 cm³/mol. The van der Waals surface area contributed by atoms with E-state index >= 15 is 0 Å². The summed E-state index contributed by atoms with van der Waals surface area (Å²) in [6.07, 6.45) is 2.35. The smallest absolute Gasteiger partial charge is 0.407 e. The number of piperazine rings is 1. The lowest BCUT2D eigenvalue weighted by atomic mass is 10.0. The Bertz CT molecular complexity index is 631. The number of rotatable bonds is 3. The van der Waals surface area contributed by atoms with Crippen molar-refractivity contribution in [1.29, 1.82) is 0 Å². The molecule has 1 aromatic carbocycles. The molecular formula is C18H24N2O4. The van der Waals surface area contributed by atoms with E-state index in [-0.39, 0.29) is 12.1 Å². The molecule has 2 atom stereocenters. The molecule has 1 amide bonds. The molecule has 1 saturated carbocycles. The van der Waals surface area contributed by atoms with Gasteiger partial charge in [0.25, 0.3) is 0 Å². The highest BCUT2D eigenvalue weighted by Crippen LogP contribution is 2.49. The van der Waals surface area contributed by atoms with Crippen molar-refractivity contribution >= 4 is 11.8 Å². The van der Waals surface area contributed by atoms with E-state index in [2.05, 4.69) is 23.1 Å². The highest BCUT2D eigenvalue weighted by atomic mass is 16.5. The fraction of sp³-hybridized carbons (Fsp3) is 0.611. The van der Waals surface area contributed by atoms with Gasteiger partial charge in [-0.05, 0) is 30.4 Å². The maximum absolute atomic E-state index is 11.4. The quantitative estimate of drug-likeness (QED) is 0.921. The van der Waals surface area contributed by atoms with Gasteiger partial charge in [0.1, 0.15) is 11.9 Å². The number of anilines is 1. The number of ether oxygens (including phenoxy) is 2. The molecule has 4 rings (SSSR count). The Kier molecular flexibility index (Phi) is 4.00. The molecule has 1 N–H and O–H groups in total. The second-order valence-electron chi connectivity index (χ2n) is 6.98. The van der Waals surface area contributed by atoms with Gasteiger partial charge in [0, 0.05) is 33.2 Å². The molecule has 2 heterocycles. The summed E-state index contributed by atoms with van der Waals surface area (Å²) in [5, 5.41) is 9.34. The van der Waals surface area contributed by atoms with Gasteiger partial charge in [-0.2, -0.15) is 0 Å². The standard InChI is InChI=1S/C18H24N2O4/c1-23-11-14-9-13-10-19(18(21)22)7-8-20(13)16-4-2-3-15(12-5-6-12)17(16)24-14/h2-4,12-14H,5-11H2,1H3,(H,21,22). The van der Waals surface area contributed by atoms with Crippen LogP contribution in [0.2, 0.25) is 0 Å². The summed E-state index contributed by atoms with van der Waals surface area (Å²) < 4.78 is 11.7. The van der Waals surface area contributed by atoms with Crippen LogP contribution in [0.15, 0.2) is 18.2 Å². The van der Waals surface area contributed by atoms with Crippen LogP contribution in [0.4, 0.5) is 10.5 Å². The van der Waals surface area contributed by atoms with E-state index in [0.717, 1.165) is 17.9 Å². The summed E-state index contributed by atoms with van der Waals surface area (Å²) in [5.41, 5.74) is 2.42. The van der Waals surface area contributed by atoms with E-state index in [0.29, 0.717) is 32.2 Å². The number of benzene rings is 1. The zero-order chi connectivity index (χ0) is 16.7. The normalized spacial score (nSPS) is 26.2. The number of hydrogen-bond donors (Lipinski definition) is 1. The van der Waals surface area contributed by atoms with Gasteiger partial charge < -0.3 is 24.4 Å². The van der Waals surface area contributed by atoms with E-state index in [1.165, 1.54) is 23.3 Å². The summed E-state index contributed by atoms with van der Waals surface area (Å²) in [5.74, 6) is 1.60. The number of amides is 1. The fourth-order valence-electron chi connectivity index (χ4n) is 3.97. The number of hydrogen-bond acceptors (Lipinski definition) is 4. The first kappa shape index (κ1) is 15.6. The summed E-state index contributed by atoms with van der Waals surface area (Å²) >= 11 is 0.